The zero-order valence-corrected chi connectivity index (χ0v) is 10.4. The molecule has 0 bridgehead atoms. The second-order valence-corrected chi connectivity index (χ2v) is 4.52. The van der Waals surface area contributed by atoms with Gasteiger partial charge in [0.05, 0.1) is 0 Å². The van der Waals surface area contributed by atoms with Crippen LogP contribution in [0.4, 0.5) is 0 Å². The Morgan fingerprint density at radius 1 is 1.47 bits per heavy atom. The maximum Gasteiger partial charge on any atom is 0.333 e. The van der Waals surface area contributed by atoms with Gasteiger partial charge in [0.2, 0.25) is 0 Å². The summed E-state index contributed by atoms with van der Waals surface area (Å²) >= 11 is 0. The van der Waals surface area contributed by atoms with Crippen LogP contribution in [0.15, 0.2) is 12.2 Å². The van der Waals surface area contributed by atoms with Gasteiger partial charge in [0, 0.05) is 11.1 Å². The number of hydrogen-bond donors (Lipinski definition) is 1. The molecule has 0 saturated heterocycles. The monoisotopic (exact) mass is 213 g/mol. The number of carbonyl (C=O) groups is 1. The number of esters is 1. The summed E-state index contributed by atoms with van der Waals surface area (Å²) in [5, 5.41) is 3.35. The van der Waals surface area contributed by atoms with Gasteiger partial charge >= 0.3 is 5.97 Å². The van der Waals surface area contributed by atoms with Crippen LogP contribution in [0.2, 0.25) is 0 Å². The van der Waals surface area contributed by atoms with Crippen LogP contribution in [-0.2, 0) is 9.53 Å². The summed E-state index contributed by atoms with van der Waals surface area (Å²) in [7, 11) is 0. The van der Waals surface area contributed by atoms with Crippen molar-refractivity contribution < 1.29 is 9.53 Å². The van der Waals surface area contributed by atoms with E-state index in [1.807, 2.05) is 13.8 Å². The van der Waals surface area contributed by atoms with Crippen LogP contribution in [0.5, 0.6) is 0 Å². The van der Waals surface area contributed by atoms with Crippen molar-refractivity contribution >= 4 is 5.97 Å². The average molecular weight is 213 g/mol. The fraction of sp³-hybridized carbons (Fsp3) is 0.750. The summed E-state index contributed by atoms with van der Waals surface area (Å²) in [6.07, 6.45) is 2.30. The fourth-order valence-corrected chi connectivity index (χ4v) is 1.02. The highest BCUT2D eigenvalue weighted by Gasteiger charge is 2.19. The maximum absolute atomic E-state index is 11.2. The molecule has 0 heterocycles. The Hall–Kier alpha value is -0.830. The predicted octanol–water partition coefficient (Wildman–Crippen LogP) is 2.27. The van der Waals surface area contributed by atoms with Crippen LogP contribution in [0, 0.1) is 0 Å². The third-order valence-corrected chi connectivity index (χ3v) is 2.05. The van der Waals surface area contributed by atoms with Gasteiger partial charge in [0.1, 0.15) is 6.61 Å². The SMILES string of the molecule is C=C(C)C(=O)OCC(C)(C)NCCCC. The molecule has 0 rings (SSSR count). The van der Waals surface area contributed by atoms with E-state index in [4.69, 9.17) is 4.74 Å². The number of unbranched alkanes of at least 4 members (excludes halogenated alkanes) is 1. The quantitative estimate of drug-likeness (QED) is 0.400. The predicted molar refractivity (Wildman–Crippen MR) is 62.8 cm³/mol. The third kappa shape index (κ3) is 7.14. The zero-order chi connectivity index (χ0) is 11.9. The molecular weight excluding hydrogens is 190 g/mol. The lowest BCUT2D eigenvalue weighted by molar-refractivity contribution is -0.140. The highest BCUT2D eigenvalue weighted by atomic mass is 16.5. The minimum atomic E-state index is -0.319. The normalized spacial score (nSPS) is 11.2. The third-order valence-electron chi connectivity index (χ3n) is 2.05. The fourth-order valence-electron chi connectivity index (χ4n) is 1.02. The first-order valence-electron chi connectivity index (χ1n) is 5.46. The van der Waals surface area contributed by atoms with Gasteiger partial charge in [0.25, 0.3) is 0 Å². The van der Waals surface area contributed by atoms with Gasteiger partial charge < -0.3 is 10.1 Å². The molecule has 15 heavy (non-hydrogen) atoms. The van der Waals surface area contributed by atoms with Crippen LogP contribution in [0.1, 0.15) is 40.5 Å². The Bertz CT molecular complexity index is 222. The molecule has 1 N–H and O–H groups in total. The maximum atomic E-state index is 11.2. The van der Waals surface area contributed by atoms with Gasteiger partial charge in [-0.3, -0.25) is 0 Å². The van der Waals surface area contributed by atoms with Gasteiger partial charge in [0.15, 0.2) is 0 Å². The Morgan fingerprint density at radius 3 is 2.53 bits per heavy atom. The molecule has 0 aromatic heterocycles. The van der Waals surface area contributed by atoms with Crippen molar-refractivity contribution in [2.45, 2.75) is 46.1 Å². The van der Waals surface area contributed by atoms with Crippen LogP contribution in [0.3, 0.4) is 0 Å². The van der Waals surface area contributed by atoms with E-state index in [-0.39, 0.29) is 11.5 Å². The average Bonchev–Trinajstić information content (AvgIpc) is 2.14. The van der Waals surface area contributed by atoms with E-state index in [1.165, 1.54) is 0 Å². The molecular formula is C12H23NO2. The van der Waals surface area contributed by atoms with Crippen LogP contribution in [0.25, 0.3) is 0 Å². The highest BCUT2D eigenvalue weighted by molar-refractivity contribution is 5.86. The van der Waals surface area contributed by atoms with Gasteiger partial charge in [-0.15, -0.1) is 0 Å². The van der Waals surface area contributed by atoms with Crippen molar-refractivity contribution in [2.24, 2.45) is 0 Å². The smallest absolute Gasteiger partial charge is 0.333 e. The number of carbonyl (C=O) groups excluding carboxylic acids is 1. The molecule has 0 amide bonds. The Balaban J connectivity index is 3.82. The Labute approximate surface area is 92.9 Å². The zero-order valence-electron chi connectivity index (χ0n) is 10.4. The molecule has 0 aliphatic carbocycles. The molecule has 3 heteroatoms. The minimum Gasteiger partial charge on any atom is -0.460 e. The van der Waals surface area contributed by atoms with E-state index in [1.54, 1.807) is 6.92 Å². The summed E-state index contributed by atoms with van der Waals surface area (Å²) < 4.78 is 5.10. The molecule has 0 atom stereocenters. The van der Waals surface area contributed by atoms with E-state index < -0.39 is 0 Å². The summed E-state index contributed by atoms with van der Waals surface area (Å²) in [6, 6.07) is 0. The Morgan fingerprint density at radius 2 is 2.07 bits per heavy atom. The van der Waals surface area contributed by atoms with E-state index in [0.29, 0.717) is 12.2 Å². The first-order valence-corrected chi connectivity index (χ1v) is 5.46. The van der Waals surface area contributed by atoms with E-state index in [0.717, 1.165) is 19.4 Å². The van der Waals surface area contributed by atoms with Crippen molar-refractivity contribution in [3.05, 3.63) is 12.2 Å². The summed E-state index contributed by atoms with van der Waals surface area (Å²) in [5.41, 5.74) is 0.277. The largest absolute Gasteiger partial charge is 0.460 e. The molecule has 0 aromatic rings. The number of nitrogens with one attached hydrogen (secondary N) is 1. The first-order chi connectivity index (χ1) is 6.89. The van der Waals surface area contributed by atoms with Gasteiger partial charge in [-0.25, -0.2) is 4.79 Å². The van der Waals surface area contributed by atoms with Crippen molar-refractivity contribution in [3.8, 4) is 0 Å². The molecule has 0 radical (unpaired) electrons. The molecule has 0 aliphatic heterocycles. The Kier molecular flexibility index (Phi) is 6.25. The lowest BCUT2D eigenvalue weighted by Crippen LogP contribution is -2.44. The van der Waals surface area contributed by atoms with Crippen molar-refractivity contribution in [2.75, 3.05) is 13.2 Å². The molecule has 0 unspecified atom stereocenters. The first kappa shape index (κ1) is 14.2. The van der Waals surface area contributed by atoms with Gasteiger partial charge in [-0.05, 0) is 33.7 Å². The highest BCUT2D eigenvalue weighted by Crippen LogP contribution is 2.05. The summed E-state index contributed by atoms with van der Waals surface area (Å²) in [5.74, 6) is -0.319. The van der Waals surface area contributed by atoms with E-state index in [9.17, 15) is 4.79 Å². The molecule has 88 valence electrons. The molecule has 0 aliphatic rings. The van der Waals surface area contributed by atoms with Crippen LogP contribution < -0.4 is 5.32 Å². The molecule has 0 aromatic carbocycles. The molecule has 0 fully saturated rings. The van der Waals surface area contributed by atoms with E-state index in [2.05, 4.69) is 18.8 Å². The second kappa shape index (κ2) is 6.62. The van der Waals surface area contributed by atoms with Crippen LogP contribution in [-0.4, -0.2) is 24.7 Å². The lowest BCUT2D eigenvalue weighted by atomic mass is 10.1. The number of ether oxygens (including phenoxy) is 1. The topological polar surface area (TPSA) is 38.3 Å². The molecule has 0 saturated carbocycles. The van der Waals surface area contributed by atoms with E-state index >= 15 is 0 Å². The standard InChI is InChI=1S/C12H23NO2/c1-6-7-8-13-12(4,5)9-15-11(14)10(2)3/h13H,2,6-9H2,1,3-5H3. The minimum absolute atomic E-state index is 0.166. The van der Waals surface area contributed by atoms with Crippen molar-refractivity contribution in [3.63, 3.8) is 0 Å². The molecule has 3 nitrogen and oxygen atoms in total. The number of hydrogen-bond acceptors (Lipinski definition) is 3. The summed E-state index contributed by atoms with van der Waals surface area (Å²) in [6.45, 7) is 12.7. The second-order valence-electron chi connectivity index (χ2n) is 4.52. The van der Waals surface area contributed by atoms with Crippen molar-refractivity contribution in [1.29, 1.82) is 0 Å². The van der Waals surface area contributed by atoms with Crippen molar-refractivity contribution in [1.82, 2.24) is 5.32 Å². The summed E-state index contributed by atoms with van der Waals surface area (Å²) in [4.78, 5) is 11.2. The van der Waals surface area contributed by atoms with Crippen LogP contribution >= 0.6 is 0 Å². The number of rotatable bonds is 7. The lowest BCUT2D eigenvalue weighted by Gasteiger charge is -2.25. The van der Waals surface area contributed by atoms with Gasteiger partial charge in [-0.2, -0.15) is 0 Å². The molecule has 0 spiro atoms. The van der Waals surface area contributed by atoms with Gasteiger partial charge in [-0.1, -0.05) is 19.9 Å².